The molecule has 0 aromatic carbocycles. The average Bonchev–Trinajstić information content (AvgIpc) is 1.75. The van der Waals surface area contributed by atoms with Gasteiger partial charge in [-0.15, -0.1) is 0 Å². The van der Waals surface area contributed by atoms with Crippen LogP contribution in [0.2, 0.25) is 0 Å². The van der Waals surface area contributed by atoms with Gasteiger partial charge in [0.15, 0.2) is 0 Å². The minimum absolute atomic E-state index is 0. The second-order valence-corrected chi connectivity index (χ2v) is 0.250. The normalized spacial score (nSPS) is 3.60. The molecule has 5 nitrogen and oxygen atoms in total. The molecular formula is C3H6Mg2O5. The Labute approximate surface area is 91.4 Å². The third-order valence-electron chi connectivity index (χ3n) is 0. The van der Waals surface area contributed by atoms with Crippen molar-refractivity contribution in [1.29, 1.82) is 0 Å². The van der Waals surface area contributed by atoms with E-state index >= 15 is 0 Å². The summed E-state index contributed by atoms with van der Waals surface area (Å²) in [6.07, 6.45) is -2.33. The molecule has 52 valence electrons. The summed E-state index contributed by atoms with van der Waals surface area (Å²) < 4.78 is 0. The summed E-state index contributed by atoms with van der Waals surface area (Å²) in [4.78, 5) is 8.33. The van der Waals surface area contributed by atoms with Gasteiger partial charge in [-0.3, -0.25) is 0 Å². The zero-order valence-corrected chi connectivity index (χ0v) is 8.78. The van der Waals surface area contributed by atoms with Crippen LogP contribution in [-0.2, 0) is 0 Å². The van der Waals surface area contributed by atoms with Gasteiger partial charge in [0, 0.05) is 0 Å². The van der Waals surface area contributed by atoms with E-state index in [0.717, 1.165) is 14.2 Å². The van der Waals surface area contributed by atoms with Crippen molar-refractivity contribution in [3.63, 3.8) is 0 Å². The largest absolute Gasteiger partial charge is 2.00 e. The van der Waals surface area contributed by atoms with Crippen molar-refractivity contribution in [2.24, 2.45) is 0 Å². The molecule has 0 aliphatic heterocycles. The van der Waals surface area contributed by atoms with E-state index in [0.29, 0.717) is 0 Å². The summed E-state index contributed by atoms with van der Waals surface area (Å²) >= 11 is 0. The van der Waals surface area contributed by atoms with Crippen molar-refractivity contribution in [1.82, 2.24) is 0 Å². The zero-order chi connectivity index (χ0) is 7.58. The van der Waals surface area contributed by atoms with Crippen LogP contribution < -0.4 is 20.4 Å². The van der Waals surface area contributed by atoms with Gasteiger partial charge in [-0.1, -0.05) is 0 Å². The monoisotopic (exact) mass is 170 g/mol. The van der Waals surface area contributed by atoms with E-state index in [2.05, 4.69) is 0 Å². The molecule has 0 radical (unpaired) electrons. The second kappa shape index (κ2) is 53.4. The molecule has 0 aliphatic rings. The molecule has 0 N–H and O–H groups in total. The van der Waals surface area contributed by atoms with Gasteiger partial charge in [-0.2, -0.15) is 14.2 Å². The summed E-state index contributed by atoms with van der Waals surface area (Å²) in [5.74, 6) is 0. The number of carboxylic acid groups (broad SMARTS) is 2. The smallest absolute Gasteiger partial charge is 0.857 e. The Balaban J connectivity index is -0.0000000125. The molecule has 0 spiro atoms. The molecule has 0 rings (SSSR count). The predicted octanol–water partition coefficient (Wildman–Crippen LogP) is -5.26. The van der Waals surface area contributed by atoms with Crippen LogP contribution in [0.25, 0.3) is 0 Å². The van der Waals surface area contributed by atoms with Crippen LogP contribution in [0.3, 0.4) is 0 Å². The Bertz CT molecular complexity index is 37.9. The first kappa shape index (κ1) is 31.0. The van der Waals surface area contributed by atoms with E-state index in [1.54, 1.807) is 0 Å². The second-order valence-electron chi connectivity index (χ2n) is 0.250. The van der Waals surface area contributed by atoms with E-state index < -0.39 is 6.16 Å². The minimum atomic E-state index is -2.33. The SMILES string of the molecule is C[O-].C[O-].O=C([O-])[O-].[Mg+2].[Mg+2]. The maximum Gasteiger partial charge on any atom is 2.00 e. The fourth-order valence-electron chi connectivity index (χ4n) is 0. The van der Waals surface area contributed by atoms with Crippen molar-refractivity contribution in [2.75, 3.05) is 14.2 Å². The number of carbonyl (C=O) groups excluding carboxylic acids is 1. The van der Waals surface area contributed by atoms with Gasteiger partial charge in [-0.25, -0.2) is 0 Å². The Kier molecular flexibility index (Phi) is 165. The Morgan fingerprint density at radius 1 is 0.900 bits per heavy atom. The van der Waals surface area contributed by atoms with Crippen molar-refractivity contribution >= 4 is 52.3 Å². The number of hydrogen-bond donors (Lipinski definition) is 0. The van der Waals surface area contributed by atoms with Crippen molar-refractivity contribution in [3.8, 4) is 0 Å². The third kappa shape index (κ3) is 997. The summed E-state index contributed by atoms with van der Waals surface area (Å²) in [5, 5.41) is 33.2. The van der Waals surface area contributed by atoms with E-state index in [9.17, 15) is 0 Å². The zero-order valence-electron chi connectivity index (χ0n) is 5.96. The molecule has 0 atom stereocenters. The molecule has 10 heavy (non-hydrogen) atoms. The third-order valence-corrected chi connectivity index (χ3v) is 0. The first-order valence-corrected chi connectivity index (χ1v) is 1.43. The van der Waals surface area contributed by atoms with E-state index in [4.69, 9.17) is 25.2 Å². The van der Waals surface area contributed by atoms with E-state index in [1.807, 2.05) is 0 Å². The summed E-state index contributed by atoms with van der Waals surface area (Å²) in [7, 11) is 1.50. The van der Waals surface area contributed by atoms with Crippen molar-refractivity contribution in [2.45, 2.75) is 0 Å². The quantitative estimate of drug-likeness (QED) is 0.338. The molecule has 0 saturated heterocycles. The van der Waals surface area contributed by atoms with Gasteiger partial charge in [0.05, 0.1) is 0 Å². The summed E-state index contributed by atoms with van der Waals surface area (Å²) in [6.45, 7) is 0. The standard InChI is InChI=1S/CH2O3.2CH3O.2Mg/c2-1(3)4;2*1-2;;/h(H2,2,3,4);2*1H3;;/q;2*-1;2*+2/p-2. The van der Waals surface area contributed by atoms with Crippen molar-refractivity contribution < 1.29 is 25.2 Å². The summed E-state index contributed by atoms with van der Waals surface area (Å²) in [5.41, 5.74) is 0. The maximum absolute atomic E-state index is 8.33. The Morgan fingerprint density at radius 2 is 0.900 bits per heavy atom. The molecule has 0 bridgehead atoms. The number of rotatable bonds is 0. The Morgan fingerprint density at radius 3 is 0.900 bits per heavy atom. The molecule has 0 amide bonds. The molecule has 0 saturated carbocycles. The van der Waals surface area contributed by atoms with E-state index in [-0.39, 0.29) is 46.1 Å². The molecule has 7 heteroatoms. The number of hydrogen-bond acceptors (Lipinski definition) is 5. The van der Waals surface area contributed by atoms with Crippen LogP contribution in [0, 0.1) is 0 Å². The minimum Gasteiger partial charge on any atom is -0.857 e. The first-order valence-electron chi connectivity index (χ1n) is 1.43. The van der Waals surface area contributed by atoms with Gasteiger partial charge in [-0.05, 0) is 6.16 Å². The fraction of sp³-hybridized carbons (Fsp3) is 0.667. The molecule has 0 aromatic rings. The van der Waals surface area contributed by atoms with Crippen LogP contribution in [0.4, 0.5) is 4.79 Å². The van der Waals surface area contributed by atoms with Gasteiger partial charge in [0.1, 0.15) is 0 Å². The van der Waals surface area contributed by atoms with Crippen LogP contribution in [0.1, 0.15) is 0 Å². The average molecular weight is 171 g/mol. The molecule has 0 aliphatic carbocycles. The predicted molar refractivity (Wildman–Crippen MR) is 28.8 cm³/mol. The fourth-order valence-corrected chi connectivity index (χ4v) is 0. The van der Waals surface area contributed by atoms with E-state index in [1.165, 1.54) is 0 Å². The topological polar surface area (TPSA) is 109 Å². The molecule has 0 fully saturated rings. The van der Waals surface area contributed by atoms with Crippen LogP contribution in [0.5, 0.6) is 0 Å². The first-order chi connectivity index (χ1) is 3.73. The molecular weight excluding hydrogens is 165 g/mol. The Hall–Kier alpha value is 0.722. The van der Waals surface area contributed by atoms with Gasteiger partial charge in [0.25, 0.3) is 0 Å². The maximum atomic E-state index is 8.33. The van der Waals surface area contributed by atoms with Crippen LogP contribution >= 0.6 is 0 Å². The van der Waals surface area contributed by atoms with Gasteiger partial charge < -0.3 is 25.2 Å². The van der Waals surface area contributed by atoms with Crippen LogP contribution in [-0.4, -0.2) is 66.5 Å². The van der Waals surface area contributed by atoms with Crippen molar-refractivity contribution in [3.05, 3.63) is 0 Å². The number of carbonyl (C=O) groups is 1. The van der Waals surface area contributed by atoms with Gasteiger partial charge in [0.2, 0.25) is 0 Å². The molecule has 0 aromatic heterocycles. The van der Waals surface area contributed by atoms with Crippen LogP contribution in [0.15, 0.2) is 0 Å². The molecule has 0 heterocycles. The van der Waals surface area contributed by atoms with Gasteiger partial charge >= 0.3 is 46.1 Å². The molecule has 0 unspecified atom stereocenters. The summed E-state index contributed by atoms with van der Waals surface area (Å²) in [6, 6.07) is 0.